The van der Waals surface area contributed by atoms with Gasteiger partial charge in [0.25, 0.3) is 0 Å². The maximum Gasteiger partial charge on any atom is 0.136 e. The summed E-state index contributed by atoms with van der Waals surface area (Å²) in [6.07, 6.45) is 0. The Bertz CT molecular complexity index is 4130. The zero-order valence-electron chi connectivity index (χ0n) is 36.9. The minimum Gasteiger partial charge on any atom is -0.456 e. The molecular weight excluding hydrogens is 825 g/mol. The van der Waals surface area contributed by atoms with Gasteiger partial charge in [-0.15, -0.1) is 0 Å². The Morgan fingerprint density at radius 1 is 0.353 bits per heavy atom. The Morgan fingerprint density at radius 3 is 1.59 bits per heavy atom. The lowest BCUT2D eigenvalue weighted by Crippen LogP contribution is -2.26. The summed E-state index contributed by atoms with van der Waals surface area (Å²) in [7, 11) is 0. The fraction of sp³-hybridized carbons (Fsp3) is 0.0154. The molecule has 2 aliphatic rings. The molecule has 0 bridgehead atoms. The van der Waals surface area contributed by atoms with E-state index in [1.807, 2.05) is 0 Å². The second-order valence-corrected chi connectivity index (χ2v) is 18.3. The third-order valence-corrected chi connectivity index (χ3v) is 15.0. The number of para-hydroxylation sites is 3. The number of fused-ring (bicyclic) bond motifs is 17. The molecule has 68 heavy (non-hydrogen) atoms. The first-order chi connectivity index (χ1) is 33.7. The van der Waals surface area contributed by atoms with Crippen molar-refractivity contribution in [1.29, 1.82) is 0 Å². The second-order valence-electron chi connectivity index (χ2n) is 18.3. The van der Waals surface area contributed by atoms with Crippen molar-refractivity contribution in [2.75, 3.05) is 4.90 Å². The van der Waals surface area contributed by atoms with Gasteiger partial charge in [-0.1, -0.05) is 170 Å². The van der Waals surface area contributed by atoms with Crippen molar-refractivity contribution in [1.82, 2.24) is 4.57 Å². The van der Waals surface area contributed by atoms with Crippen LogP contribution in [0, 0.1) is 0 Å². The number of nitrogens with zero attached hydrogens (tertiary/aromatic N) is 2. The molecule has 2 heterocycles. The Morgan fingerprint density at radius 2 is 0.882 bits per heavy atom. The van der Waals surface area contributed by atoms with E-state index in [1.54, 1.807) is 0 Å². The minimum atomic E-state index is -0.474. The third kappa shape index (κ3) is 5.02. The molecule has 11 aromatic carbocycles. The maximum atomic E-state index is 6.53. The van der Waals surface area contributed by atoms with Gasteiger partial charge in [-0.05, 0) is 128 Å². The van der Waals surface area contributed by atoms with Crippen LogP contribution in [0.5, 0.6) is 0 Å². The summed E-state index contributed by atoms with van der Waals surface area (Å²) >= 11 is 0. The number of hydrogen-bond donors (Lipinski definition) is 0. The van der Waals surface area contributed by atoms with Gasteiger partial charge in [0, 0.05) is 44.0 Å². The van der Waals surface area contributed by atoms with Crippen LogP contribution in [0.1, 0.15) is 22.3 Å². The first kappa shape index (κ1) is 37.3. The predicted octanol–water partition coefficient (Wildman–Crippen LogP) is 17.3. The number of rotatable bonds is 5. The molecule has 0 N–H and O–H groups in total. The normalized spacial score (nSPS) is 13.1. The Balaban J connectivity index is 0.985. The summed E-state index contributed by atoms with van der Waals surface area (Å²) < 4.78 is 8.93. The van der Waals surface area contributed by atoms with Crippen LogP contribution in [-0.2, 0) is 5.41 Å². The fourth-order valence-electron chi connectivity index (χ4n) is 12.2. The van der Waals surface area contributed by atoms with Crippen molar-refractivity contribution in [3.8, 4) is 39.1 Å². The molecule has 3 nitrogen and oxygen atoms in total. The first-order valence-electron chi connectivity index (χ1n) is 23.5. The summed E-state index contributed by atoms with van der Waals surface area (Å²) in [5.41, 5.74) is 20.8. The van der Waals surface area contributed by atoms with Crippen molar-refractivity contribution >= 4 is 71.6 Å². The average molecular weight is 865 g/mol. The van der Waals surface area contributed by atoms with Crippen molar-refractivity contribution in [3.05, 3.63) is 265 Å². The van der Waals surface area contributed by atoms with Gasteiger partial charge in [0.15, 0.2) is 0 Å². The summed E-state index contributed by atoms with van der Waals surface area (Å²) in [6.45, 7) is 0. The van der Waals surface area contributed by atoms with E-state index in [-0.39, 0.29) is 0 Å². The van der Waals surface area contributed by atoms with E-state index in [0.29, 0.717) is 0 Å². The zero-order valence-corrected chi connectivity index (χ0v) is 36.9. The van der Waals surface area contributed by atoms with Crippen LogP contribution in [0.15, 0.2) is 247 Å². The lowest BCUT2D eigenvalue weighted by atomic mass is 9.70. The number of hydrogen-bond acceptors (Lipinski definition) is 2. The average Bonchev–Trinajstić information content (AvgIpc) is 4.12. The molecule has 0 unspecified atom stereocenters. The predicted molar refractivity (Wildman–Crippen MR) is 282 cm³/mol. The van der Waals surface area contributed by atoms with Crippen LogP contribution in [0.3, 0.4) is 0 Å². The topological polar surface area (TPSA) is 21.3 Å². The molecule has 2 aliphatic carbocycles. The van der Waals surface area contributed by atoms with E-state index < -0.39 is 5.41 Å². The number of benzene rings is 11. The monoisotopic (exact) mass is 864 g/mol. The van der Waals surface area contributed by atoms with Crippen LogP contribution in [0.25, 0.3) is 93.6 Å². The second kappa shape index (κ2) is 14.0. The molecule has 1 spiro atoms. The standard InChI is InChI=1S/C65H40N2O/c1-2-17-42-40-63-53(38-41(42)16-1)52-39-43(32-37-62(52)68-63)46-18-6-12-28-58(46)67(45-35-33-44(34-36-45)66-59-29-13-7-21-49(59)50-22-8-14-30-60(50)66)61-31-15-27-57-64(61)51-23-5-11-26-56(51)65(57)54-24-9-3-19-47(54)48-20-4-10-25-55(48)65/h1-40H. The SMILES string of the molecule is c1ccc(N(c2ccc(-n3c4ccccc4c4ccccc43)cc2)c2cccc3c2-c2ccccc2C32c3ccccc3-c3ccccc32)c(-c2ccc3oc4cc5ccccc5cc4c3c2)c1. The number of furan rings is 1. The van der Waals surface area contributed by atoms with Gasteiger partial charge >= 0.3 is 0 Å². The van der Waals surface area contributed by atoms with E-state index in [1.165, 1.54) is 77.1 Å². The molecule has 15 rings (SSSR count). The lowest BCUT2D eigenvalue weighted by molar-refractivity contribution is 0.669. The summed E-state index contributed by atoms with van der Waals surface area (Å²) in [5, 5.41) is 7.10. The zero-order chi connectivity index (χ0) is 44.5. The number of anilines is 3. The summed E-state index contributed by atoms with van der Waals surface area (Å²) in [4.78, 5) is 2.51. The molecule has 2 aromatic heterocycles. The first-order valence-corrected chi connectivity index (χ1v) is 23.5. The Labute approximate surface area is 393 Å². The van der Waals surface area contributed by atoms with Crippen LogP contribution in [0.2, 0.25) is 0 Å². The van der Waals surface area contributed by atoms with Crippen LogP contribution in [0.4, 0.5) is 17.1 Å². The highest BCUT2D eigenvalue weighted by Gasteiger charge is 2.52. The highest BCUT2D eigenvalue weighted by molar-refractivity contribution is 6.12. The molecule has 0 atom stereocenters. The molecule has 316 valence electrons. The smallest absolute Gasteiger partial charge is 0.136 e. The highest BCUT2D eigenvalue weighted by atomic mass is 16.3. The fourth-order valence-corrected chi connectivity index (χ4v) is 12.2. The lowest BCUT2D eigenvalue weighted by Gasteiger charge is -2.32. The van der Waals surface area contributed by atoms with E-state index >= 15 is 0 Å². The van der Waals surface area contributed by atoms with E-state index in [0.717, 1.165) is 55.8 Å². The Kier molecular flexibility index (Phi) is 7.71. The van der Waals surface area contributed by atoms with Crippen molar-refractivity contribution in [3.63, 3.8) is 0 Å². The quantitative estimate of drug-likeness (QED) is 0.172. The molecule has 3 heteroatoms. The van der Waals surface area contributed by atoms with Gasteiger partial charge in [0.2, 0.25) is 0 Å². The Hall–Kier alpha value is -8.92. The molecule has 0 aliphatic heterocycles. The van der Waals surface area contributed by atoms with Gasteiger partial charge in [-0.25, -0.2) is 0 Å². The molecule has 0 fully saturated rings. The minimum absolute atomic E-state index is 0.474. The van der Waals surface area contributed by atoms with Crippen molar-refractivity contribution in [2.24, 2.45) is 0 Å². The van der Waals surface area contributed by atoms with Gasteiger partial charge < -0.3 is 13.9 Å². The molecular formula is C65H40N2O. The molecule has 13 aromatic rings. The largest absolute Gasteiger partial charge is 0.456 e. The van der Waals surface area contributed by atoms with E-state index in [4.69, 9.17) is 4.42 Å². The van der Waals surface area contributed by atoms with Crippen LogP contribution < -0.4 is 4.90 Å². The van der Waals surface area contributed by atoms with E-state index in [2.05, 4.69) is 252 Å². The van der Waals surface area contributed by atoms with Gasteiger partial charge in [0.1, 0.15) is 11.2 Å². The molecule has 0 saturated carbocycles. The molecule has 0 amide bonds. The highest BCUT2D eigenvalue weighted by Crippen LogP contribution is 2.65. The van der Waals surface area contributed by atoms with E-state index in [9.17, 15) is 0 Å². The molecule has 0 radical (unpaired) electrons. The van der Waals surface area contributed by atoms with Crippen LogP contribution in [-0.4, -0.2) is 4.57 Å². The van der Waals surface area contributed by atoms with Crippen LogP contribution >= 0.6 is 0 Å². The summed E-state index contributed by atoms with van der Waals surface area (Å²) in [6, 6.07) is 89.4. The molecule has 0 saturated heterocycles. The van der Waals surface area contributed by atoms with Gasteiger partial charge in [-0.2, -0.15) is 0 Å². The summed E-state index contributed by atoms with van der Waals surface area (Å²) in [5.74, 6) is 0. The maximum absolute atomic E-state index is 6.53. The van der Waals surface area contributed by atoms with Crippen molar-refractivity contribution < 1.29 is 4.42 Å². The van der Waals surface area contributed by atoms with Gasteiger partial charge in [0.05, 0.1) is 27.8 Å². The number of aromatic nitrogens is 1. The van der Waals surface area contributed by atoms with Crippen molar-refractivity contribution in [2.45, 2.75) is 5.41 Å². The van der Waals surface area contributed by atoms with Gasteiger partial charge in [-0.3, -0.25) is 0 Å². The third-order valence-electron chi connectivity index (χ3n) is 15.0.